The first-order valence-electron chi connectivity index (χ1n) is 11.8. The number of hydrogen-bond donors (Lipinski definition) is 0. The lowest BCUT2D eigenvalue weighted by molar-refractivity contribution is 0.416. The smallest absolute Gasteiger partial charge is 0.282 e. The Labute approximate surface area is 187 Å². The zero-order valence-corrected chi connectivity index (χ0v) is 18.3. The predicted octanol–water partition coefficient (Wildman–Crippen LogP) is 5.46. The average molecular weight is 433 g/mol. The van der Waals surface area contributed by atoms with Gasteiger partial charge in [0, 0.05) is 30.3 Å². The molecule has 2 aliphatic rings. The third-order valence-corrected chi connectivity index (χ3v) is 6.77. The minimum atomic E-state index is -0.321. The lowest BCUT2D eigenvalue weighted by atomic mass is 9.88. The Balaban J connectivity index is 1.51. The molecule has 0 bridgehead atoms. The van der Waals surface area contributed by atoms with Crippen molar-refractivity contribution in [2.45, 2.75) is 57.3 Å². The summed E-state index contributed by atoms with van der Waals surface area (Å²) < 4.78 is 16.3. The summed E-state index contributed by atoms with van der Waals surface area (Å²) >= 11 is 0. The molecule has 1 aliphatic carbocycles. The summed E-state index contributed by atoms with van der Waals surface area (Å²) in [5.74, 6) is 0.567. The fraction of sp³-hybridized carbons (Fsp3) is 0.423. The molecule has 3 aromatic rings. The zero-order chi connectivity index (χ0) is 21.9. The normalized spacial score (nSPS) is 18.0. The Morgan fingerprint density at radius 1 is 0.969 bits per heavy atom. The van der Waals surface area contributed by atoms with E-state index < -0.39 is 0 Å². The van der Waals surface area contributed by atoms with Crippen LogP contribution in [0.1, 0.15) is 68.7 Å². The molecule has 0 N–H and O–H groups in total. The van der Waals surface area contributed by atoms with Crippen molar-refractivity contribution < 1.29 is 4.39 Å². The van der Waals surface area contributed by atoms with Crippen LogP contribution in [-0.2, 0) is 0 Å². The summed E-state index contributed by atoms with van der Waals surface area (Å²) in [6, 6.07) is 12.6. The molecule has 2 fully saturated rings. The number of halogens is 1. The summed E-state index contributed by atoms with van der Waals surface area (Å²) in [5, 5.41) is 5.00. The lowest BCUT2D eigenvalue weighted by Crippen LogP contribution is -2.29. The molecular weight excluding hydrogens is 403 g/mol. The fourth-order valence-corrected chi connectivity index (χ4v) is 4.97. The summed E-state index contributed by atoms with van der Waals surface area (Å²) in [5.41, 5.74) is 1.78. The van der Waals surface area contributed by atoms with Crippen LogP contribution in [0.4, 0.5) is 10.1 Å². The van der Waals surface area contributed by atoms with Gasteiger partial charge in [0.15, 0.2) is 0 Å². The Morgan fingerprint density at radius 2 is 1.72 bits per heavy atom. The molecule has 2 aromatic carbocycles. The van der Waals surface area contributed by atoms with Gasteiger partial charge in [-0.25, -0.2) is 9.37 Å². The highest BCUT2D eigenvalue weighted by Gasteiger charge is 2.22. The molecule has 0 amide bonds. The number of anilines is 1. The monoisotopic (exact) mass is 432 g/mol. The number of benzene rings is 2. The molecule has 1 saturated heterocycles. The molecule has 0 unspecified atom stereocenters. The van der Waals surface area contributed by atoms with Gasteiger partial charge in [0.05, 0.1) is 17.1 Å². The van der Waals surface area contributed by atoms with E-state index in [4.69, 9.17) is 4.98 Å². The third-order valence-electron chi connectivity index (χ3n) is 6.77. The maximum absolute atomic E-state index is 14.9. The van der Waals surface area contributed by atoms with Crippen LogP contribution in [0.5, 0.6) is 0 Å². The van der Waals surface area contributed by atoms with Gasteiger partial charge in [-0.2, -0.15) is 9.78 Å². The summed E-state index contributed by atoms with van der Waals surface area (Å²) in [6.07, 6.45) is 10.5. The topological polar surface area (TPSA) is 50.5 Å². The van der Waals surface area contributed by atoms with Crippen molar-refractivity contribution in [1.29, 1.82) is 0 Å². The van der Waals surface area contributed by atoms with E-state index in [9.17, 15) is 9.18 Å². The van der Waals surface area contributed by atoms with E-state index in [-0.39, 0.29) is 17.3 Å². The molecule has 6 heteroatoms. The van der Waals surface area contributed by atoms with Gasteiger partial charge in [0.1, 0.15) is 11.6 Å². The Kier molecular flexibility index (Phi) is 6.02. The van der Waals surface area contributed by atoms with Gasteiger partial charge in [0.25, 0.3) is 5.56 Å². The van der Waals surface area contributed by atoms with Crippen LogP contribution in [0.15, 0.2) is 52.4 Å². The number of hydrogen-bond acceptors (Lipinski definition) is 4. The number of aromatic nitrogens is 2. The van der Waals surface area contributed by atoms with Gasteiger partial charge in [-0.05, 0) is 62.4 Å². The number of para-hydroxylation sites is 1. The summed E-state index contributed by atoms with van der Waals surface area (Å²) in [4.78, 5) is 20.3. The highest BCUT2D eigenvalue weighted by Crippen LogP contribution is 2.31. The second-order valence-corrected chi connectivity index (χ2v) is 8.94. The molecule has 2 heterocycles. The van der Waals surface area contributed by atoms with Crippen LogP contribution in [0.2, 0.25) is 0 Å². The molecule has 0 atom stereocenters. The Bertz CT molecular complexity index is 1190. The second kappa shape index (κ2) is 9.23. The van der Waals surface area contributed by atoms with Crippen molar-refractivity contribution in [2.75, 3.05) is 18.0 Å². The largest absolute Gasteiger partial charge is 0.371 e. The van der Waals surface area contributed by atoms with Crippen LogP contribution in [0, 0.1) is 5.82 Å². The van der Waals surface area contributed by atoms with Crippen LogP contribution in [0.3, 0.4) is 0 Å². The van der Waals surface area contributed by atoms with Crippen molar-refractivity contribution in [3.05, 3.63) is 70.0 Å². The molecular formula is C26H29FN4O. The number of rotatable bonds is 4. The van der Waals surface area contributed by atoms with E-state index in [2.05, 4.69) is 10.0 Å². The summed E-state index contributed by atoms with van der Waals surface area (Å²) in [6.45, 7) is 1.94. The maximum Gasteiger partial charge on any atom is 0.282 e. The molecule has 1 aromatic heterocycles. The minimum absolute atomic E-state index is 0.197. The molecule has 0 spiro atoms. The number of fused-ring (bicyclic) bond motifs is 1. The van der Waals surface area contributed by atoms with Gasteiger partial charge in [-0.3, -0.25) is 4.79 Å². The first-order valence-corrected chi connectivity index (χ1v) is 11.8. The molecule has 5 rings (SSSR count). The zero-order valence-electron chi connectivity index (χ0n) is 18.3. The first kappa shape index (κ1) is 20.9. The quantitative estimate of drug-likeness (QED) is 0.515. The Morgan fingerprint density at radius 3 is 2.50 bits per heavy atom. The SMILES string of the molecule is O=c1c2ccccc2nc(C2CCCCC2)n1N=Cc1ccc(N2CCCCC2)cc1F. The van der Waals surface area contributed by atoms with Crippen LogP contribution in [0.25, 0.3) is 10.9 Å². The molecule has 5 nitrogen and oxygen atoms in total. The maximum atomic E-state index is 14.9. The predicted molar refractivity (Wildman–Crippen MR) is 127 cm³/mol. The van der Waals surface area contributed by atoms with Crippen molar-refractivity contribution in [1.82, 2.24) is 9.66 Å². The molecule has 166 valence electrons. The summed E-state index contributed by atoms with van der Waals surface area (Å²) in [7, 11) is 0. The van der Waals surface area contributed by atoms with E-state index >= 15 is 0 Å². The van der Waals surface area contributed by atoms with Gasteiger partial charge in [-0.15, -0.1) is 0 Å². The number of nitrogens with zero attached hydrogens (tertiary/aromatic N) is 4. The highest BCUT2D eigenvalue weighted by molar-refractivity contribution is 5.81. The van der Waals surface area contributed by atoms with Crippen LogP contribution >= 0.6 is 0 Å². The van der Waals surface area contributed by atoms with Crippen LogP contribution in [-0.4, -0.2) is 29.0 Å². The molecule has 0 radical (unpaired) electrons. The van der Waals surface area contributed by atoms with E-state index in [1.807, 2.05) is 24.3 Å². The van der Waals surface area contributed by atoms with Crippen LogP contribution < -0.4 is 10.5 Å². The van der Waals surface area contributed by atoms with Crippen molar-refractivity contribution >= 4 is 22.8 Å². The van der Waals surface area contributed by atoms with Crippen molar-refractivity contribution in [2.24, 2.45) is 5.10 Å². The lowest BCUT2D eigenvalue weighted by Gasteiger charge is -2.28. The third kappa shape index (κ3) is 4.18. The second-order valence-electron chi connectivity index (χ2n) is 8.94. The average Bonchev–Trinajstić information content (AvgIpc) is 2.85. The fourth-order valence-electron chi connectivity index (χ4n) is 4.97. The van der Waals surface area contributed by atoms with Gasteiger partial charge >= 0.3 is 0 Å². The van der Waals surface area contributed by atoms with E-state index in [0.717, 1.165) is 57.3 Å². The minimum Gasteiger partial charge on any atom is -0.371 e. The molecule has 1 saturated carbocycles. The van der Waals surface area contributed by atoms with Crippen molar-refractivity contribution in [3.63, 3.8) is 0 Å². The molecule has 1 aliphatic heterocycles. The first-order chi connectivity index (χ1) is 15.7. The Hall–Kier alpha value is -3.02. The number of piperidine rings is 1. The van der Waals surface area contributed by atoms with Gasteiger partial charge < -0.3 is 4.90 Å². The van der Waals surface area contributed by atoms with E-state index in [1.165, 1.54) is 23.7 Å². The van der Waals surface area contributed by atoms with E-state index in [1.54, 1.807) is 18.2 Å². The standard InChI is InChI=1S/C26H29FN4O/c27-23-17-21(30-15-7-2-8-16-30)14-13-20(23)18-28-31-25(19-9-3-1-4-10-19)29-24-12-6-5-11-22(24)26(31)32/h5-6,11-14,17-19H,1-4,7-10,15-16H2. The van der Waals surface area contributed by atoms with Gasteiger partial charge in [0.2, 0.25) is 0 Å². The molecule has 32 heavy (non-hydrogen) atoms. The highest BCUT2D eigenvalue weighted by atomic mass is 19.1. The van der Waals surface area contributed by atoms with Gasteiger partial charge in [-0.1, -0.05) is 31.4 Å². The van der Waals surface area contributed by atoms with E-state index in [0.29, 0.717) is 22.3 Å². The van der Waals surface area contributed by atoms with Crippen molar-refractivity contribution in [3.8, 4) is 0 Å².